The van der Waals surface area contributed by atoms with Gasteiger partial charge in [-0.15, -0.1) is 0 Å². The first-order valence-corrected chi connectivity index (χ1v) is 9.55. The largest absolute Gasteiger partial charge is 0.493 e. The minimum atomic E-state index is -0.933. The second-order valence-electron chi connectivity index (χ2n) is 6.80. The summed E-state index contributed by atoms with van der Waals surface area (Å²) in [7, 11) is 3.10. The van der Waals surface area contributed by atoms with E-state index in [4.69, 9.17) is 21.1 Å². The molecule has 1 amide bonds. The third-order valence-electron chi connectivity index (χ3n) is 4.94. The fraction of sp³-hybridized carbons (Fsp3) is 0.333. The molecular weight excluding hydrogens is 396 g/mol. The van der Waals surface area contributed by atoms with Crippen molar-refractivity contribution < 1.29 is 24.2 Å². The van der Waals surface area contributed by atoms with Crippen molar-refractivity contribution in [1.29, 1.82) is 0 Å². The highest BCUT2D eigenvalue weighted by Gasteiger charge is 2.32. The topological polar surface area (TPSA) is 88.1 Å². The lowest BCUT2D eigenvalue weighted by atomic mass is 9.90. The Morgan fingerprint density at radius 3 is 2.59 bits per heavy atom. The Hall–Kier alpha value is -2.77. The number of carboxylic acids is 1. The monoisotopic (exact) mass is 418 g/mol. The zero-order valence-corrected chi connectivity index (χ0v) is 17.0. The van der Waals surface area contributed by atoms with Crippen molar-refractivity contribution in [2.24, 2.45) is 0 Å². The predicted octanol–water partition coefficient (Wildman–Crippen LogP) is 3.37. The van der Waals surface area contributed by atoms with Crippen LogP contribution in [0.5, 0.6) is 11.5 Å². The van der Waals surface area contributed by atoms with Gasteiger partial charge in [0.2, 0.25) is 5.91 Å². The van der Waals surface area contributed by atoms with E-state index in [0.717, 1.165) is 11.1 Å². The molecule has 2 aromatic rings. The molecule has 2 aromatic carbocycles. The van der Waals surface area contributed by atoms with Crippen LogP contribution in [0, 0.1) is 0 Å². The molecule has 154 valence electrons. The van der Waals surface area contributed by atoms with Crippen molar-refractivity contribution in [2.45, 2.75) is 18.9 Å². The third-order valence-corrected chi connectivity index (χ3v) is 5.17. The molecule has 0 bridgehead atoms. The predicted molar refractivity (Wildman–Crippen MR) is 110 cm³/mol. The molecule has 7 nitrogen and oxygen atoms in total. The fourth-order valence-corrected chi connectivity index (χ4v) is 3.82. The number of carboxylic acid groups (broad SMARTS) is 1. The lowest BCUT2D eigenvalue weighted by molar-refractivity contribution is -0.139. The first-order valence-electron chi connectivity index (χ1n) is 9.17. The van der Waals surface area contributed by atoms with Crippen molar-refractivity contribution in [1.82, 2.24) is 4.90 Å². The highest BCUT2D eigenvalue weighted by Crippen LogP contribution is 2.39. The fourth-order valence-electron chi connectivity index (χ4n) is 3.63. The van der Waals surface area contributed by atoms with Gasteiger partial charge in [-0.1, -0.05) is 17.7 Å². The summed E-state index contributed by atoms with van der Waals surface area (Å²) >= 11 is 5.96. The van der Waals surface area contributed by atoms with Crippen LogP contribution in [-0.2, 0) is 16.0 Å². The standard InChI is InChI=1S/C21H23ClN2O5/c1-28-18-8-13-6-7-24(12-20(25)23-15-5-3-4-14(22)9-15)17(11-21(26)27)16(13)10-19(18)29-2/h3-5,8-10,17H,6-7,11-12H2,1-2H3,(H,23,25)(H,26,27)/t17-/m1/s1. The van der Waals surface area contributed by atoms with Crippen LogP contribution >= 0.6 is 11.6 Å². The van der Waals surface area contributed by atoms with Crippen molar-refractivity contribution in [2.75, 3.05) is 32.6 Å². The average molecular weight is 419 g/mol. The molecule has 3 rings (SSSR count). The number of carbonyl (C=O) groups is 2. The molecule has 0 saturated heterocycles. The van der Waals surface area contributed by atoms with Gasteiger partial charge in [0.05, 0.1) is 27.2 Å². The van der Waals surface area contributed by atoms with Gasteiger partial charge in [-0.05, 0) is 47.9 Å². The number of hydrogen-bond acceptors (Lipinski definition) is 5. The number of rotatable bonds is 7. The van der Waals surface area contributed by atoms with Crippen LogP contribution in [0.15, 0.2) is 36.4 Å². The number of anilines is 1. The molecule has 1 heterocycles. The zero-order valence-electron chi connectivity index (χ0n) is 16.3. The van der Waals surface area contributed by atoms with E-state index in [9.17, 15) is 14.7 Å². The van der Waals surface area contributed by atoms with Gasteiger partial charge in [0.15, 0.2) is 11.5 Å². The Kier molecular flexibility index (Phi) is 6.61. The number of amides is 1. The minimum absolute atomic E-state index is 0.0677. The molecule has 0 unspecified atom stereocenters. The summed E-state index contributed by atoms with van der Waals surface area (Å²) in [6, 6.07) is 10.1. The Morgan fingerprint density at radius 2 is 1.93 bits per heavy atom. The third kappa shape index (κ3) is 4.99. The first-order chi connectivity index (χ1) is 13.9. The van der Waals surface area contributed by atoms with E-state index in [1.807, 2.05) is 17.0 Å². The van der Waals surface area contributed by atoms with Crippen molar-refractivity contribution in [3.63, 3.8) is 0 Å². The van der Waals surface area contributed by atoms with Crippen LogP contribution in [0.25, 0.3) is 0 Å². The number of nitrogens with one attached hydrogen (secondary N) is 1. The second kappa shape index (κ2) is 9.15. The maximum absolute atomic E-state index is 12.6. The lowest BCUT2D eigenvalue weighted by Crippen LogP contribution is -2.41. The number of hydrogen-bond donors (Lipinski definition) is 2. The average Bonchev–Trinajstić information content (AvgIpc) is 2.68. The van der Waals surface area contributed by atoms with E-state index in [1.54, 1.807) is 31.4 Å². The molecule has 2 N–H and O–H groups in total. The maximum atomic E-state index is 12.6. The molecule has 0 aromatic heterocycles. The number of fused-ring (bicyclic) bond motifs is 1. The smallest absolute Gasteiger partial charge is 0.305 e. The zero-order chi connectivity index (χ0) is 21.0. The number of ether oxygens (including phenoxy) is 2. The highest BCUT2D eigenvalue weighted by molar-refractivity contribution is 6.30. The normalized spacial score (nSPS) is 16.0. The molecule has 1 atom stereocenters. The minimum Gasteiger partial charge on any atom is -0.493 e. The van der Waals surface area contributed by atoms with Crippen molar-refractivity contribution in [3.05, 3.63) is 52.5 Å². The number of aliphatic carboxylic acids is 1. The Bertz CT molecular complexity index is 918. The molecule has 1 aliphatic heterocycles. The van der Waals surface area contributed by atoms with Crippen LogP contribution < -0.4 is 14.8 Å². The van der Waals surface area contributed by atoms with Gasteiger partial charge in [-0.2, -0.15) is 0 Å². The van der Waals surface area contributed by atoms with Crippen LogP contribution in [0.1, 0.15) is 23.6 Å². The van der Waals surface area contributed by atoms with Crippen LogP contribution in [0.4, 0.5) is 5.69 Å². The summed E-state index contributed by atoms with van der Waals surface area (Å²) in [6.07, 6.45) is 0.559. The van der Waals surface area contributed by atoms with Crippen molar-refractivity contribution >= 4 is 29.2 Å². The van der Waals surface area contributed by atoms with E-state index in [1.165, 1.54) is 7.11 Å². The van der Waals surface area contributed by atoms with E-state index in [-0.39, 0.29) is 18.9 Å². The van der Waals surface area contributed by atoms with Gasteiger partial charge in [0.25, 0.3) is 0 Å². The van der Waals surface area contributed by atoms with Gasteiger partial charge in [0, 0.05) is 23.3 Å². The Morgan fingerprint density at radius 1 is 1.21 bits per heavy atom. The van der Waals surface area contributed by atoms with Crippen LogP contribution in [-0.4, -0.2) is 49.2 Å². The number of methoxy groups -OCH3 is 2. The van der Waals surface area contributed by atoms with Gasteiger partial charge >= 0.3 is 5.97 Å². The summed E-state index contributed by atoms with van der Waals surface area (Å²) in [5.74, 6) is -0.0243. The van der Waals surface area contributed by atoms with E-state index in [0.29, 0.717) is 35.2 Å². The number of carbonyl (C=O) groups excluding carboxylic acids is 1. The highest BCUT2D eigenvalue weighted by atomic mass is 35.5. The maximum Gasteiger partial charge on any atom is 0.305 e. The second-order valence-corrected chi connectivity index (χ2v) is 7.24. The SMILES string of the molecule is COc1cc2c(cc1OC)[C@@H](CC(=O)O)N(CC(=O)Nc1cccc(Cl)c1)CC2. The van der Waals surface area contributed by atoms with E-state index < -0.39 is 12.0 Å². The molecule has 8 heteroatoms. The Balaban J connectivity index is 1.83. The molecule has 0 aliphatic carbocycles. The summed E-state index contributed by atoms with van der Waals surface area (Å²) in [5.41, 5.74) is 2.44. The van der Waals surface area contributed by atoms with Crippen LogP contribution in [0.3, 0.4) is 0 Å². The van der Waals surface area contributed by atoms with Crippen LogP contribution in [0.2, 0.25) is 5.02 Å². The number of halogens is 1. The molecule has 0 fully saturated rings. The lowest BCUT2D eigenvalue weighted by Gasteiger charge is -2.36. The molecule has 29 heavy (non-hydrogen) atoms. The summed E-state index contributed by atoms with van der Waals surface area (Å²) < 4.78 is 10.7. The number of nitrogens with zero attached hydrogens (tertiary/aromatic N) is 1. The summed E-state index contributed by atoms with van der Waals surface area (Å²) in [6.45, 7) is 0.627. The van der Waals surface area contributed by atoms with E-state index >= 15 is 0 Å². The molecule has 0 radical (unpaired) electrons. The van der Waals surface area contributed by atoms with Crippen molar-refractivity contribution in [3.8, 4) is 11.5 Å². The summed E-state index contributed by atoms with van der Waals surface area (Å²) in [4.78, 5) is 26.0. The van der Waals surface area contributed by atoms with Gasteiger partial charge < -0.3 is 19.9 Å². The van der Waals surface area contributed by atoms with E-state index in [2.05, 4.69) is 5.32 Å². The first kappa shape index (κ1) is 21.0. The quantitative estimate of drug-likeness (QED) is 0.716. The van der Waals surface area contributed by atoms with Gasteiger partial charge in [-0.3, -0.25) is 14.5 Å². The Labute approximate surface area is 174 Å². The van der Waals surface area contributed by atoms with Gasteiger partial charge in [0.1, 0.15) is 0 Å². The molecular formula is C21H23ClN2O5. The van der Waals surface area contributed by atoms with Gasteiger partial charge in [-0.25, -0.2) is 0 Å². The molecule has 1 aliphatic rings. The number of benzene rings is 2. The summed E-state index contributed by atoms with van der Waals surface area (Å²) in [5, 5.41) is 12.8. The molecule has 0 spiro atoms. The molecule has 0 saturated carbocycles.